The van der Waals surface area contributed by atoms with E-state index in [1.807, 2.05) is 13.8 Å². The van der Waals surface area contributed by atoms with Crippen LogP contribution in [0.15, 0.2) is 18.2 Å². The van der Waals surface area contributed by atoms with Gasteiger partial charge in [-0.3, -0.25) is 4.79 Å². The Hall–Kier alpha value is -1.49. The topological polar surface area (TPSA) is 55.1 Å². The molecule has 1 rings (SSSR count). The molecule has 100 valence electrons. The molecule has 0 radical (unpaired) electrons. The summed E-state index contributed by atoms with van der Waals surface area (Å²) in [5.41, 5.74) is 5.19. The van der Waals surface area contributed by atoms with Crippen molar-refractivity contribution in [3.05, 3.63) is 35.4 Å². The second kappa shape index (κ2) is 5.91. The monoisotopic (exact) mass is 256 g/mol. The molecule has 5 heteroatoms. The number of nitrogens with two attached hydrogens (primary N) is 1. The minimum Gasteiger partial charge on any atom is -0.350 e. The van der Waals surface area contributed by atoms with Gasteiger partial charge in [-0.25, -0.2) is 8.78 Å². The fourth-order valence-corrected chi connectivity index (χ4v) is 1.52. The average molecular weight is 256 g/mol. The van der Waals surface area contributed by atoms with Crippen LogP contribution in [0.5, 0.6) is 0 Å². The van der Waals surface area contributed by atoms with Crippen LogP contribution in [-0.2, 0) is 0 Å². The summed E-state index contributed by atoms with van der Waals surface area (Å²) < 4.78 is 26.3. The van der Waals surface area contributed by atoms with Crippen LogP contribution in [0.25, 0.3) is 0 Å². The van der Waals surface area contributed by atoms with Crippen molar-refractivity contribution in [1.29, 1.82) is 0 Å². The summed E-state index contributed by atoms with van der Waals surface area (Å²) in [6.07, 6.45) is 1.38. The van der Waals surface area contributed by atoms with Gasteiger partial charge in [0.1, 0.15) is 11.6 Å². The van der Waals surface area contributed by atoms with E-state index in [1.165, 1.54) is 0 Å². The van der Waals surface area contributed by atoms with Crippen LogP contribution < -0.4 is 11.1 Å². The van der Waals surface area contributed by atoms with Gasteiger partial charge in [0.15, 0.2) is 0 Å². The van der Waals surface area contributed by atoms with Gasteiger partial charge in [-0.05, 0) is 31.0 Å². The van der Waals surface area contributed by atoms with E-state index in [4.69, 9.17) is 5.73 Å². The van der Waals surface area contributed by atoms with Gasteiger partial charge in [0.25, 0.3) is 5.91 Å². The molecule has 0 aliphatic heterocycles. The highest BCUT2D eigenvalue weighted by molar-refractivity contribution is 5.94. The van der Waals surface area contributed by atoms with Crippen molar-refractivity contribution >= 4 is 5.91 Å². The summed E-state index contributed by atoms with van der Waals surface area (Å²) in [5, 5.41) is 2.54. The Balaban J connectivity index is 2.74. The second-order valence-corrected chi connectivity index (χ2v) is 4.38. The van der Waals surface area contributed by atoms with E-state index in [2.05, 4.69) is 5.32 Å². The fraction of sp³-hybridized carbons (Fsp3) is 0.462. The van der Waals surface area contributed by atoms with Gasteiger partial charge in [0, 0.05) is 12.1 Å². The molecule has 1 aromatic rings. The molecule has 0 aliphatic rings. The van der Waals surface area contributed by atoms with Gasteiger partial charge in [0.05, 0.1) is 5.56 Å². The quantitative estimate of drug-likeness (QED) is 0.848. The van der Waals surface area contributed by atoms with Crippen molar-refractivity contribution < 1.29 is 13.6 Å². The molecule has 0 atom stereocenters. The average Bonchev–Trinajstić information content (AvgIpc) is 2.38. The van der Waals surface area contributed by atoms with E-state index in [9.17, 15) is 13.6 Å². The molecule has 0 saturated heterocycles. The number of nitrogens with one attached hydrogen (secondary N) is 1. The maximum absolute atomic E-state index is 13.3. The third-order valence-corrected chi connectivity index (χ3v) is 3.18. The lowest BCUT2D eigenvalue weighted by Crippen LogP contribution is -2.49. The molecule has 0 spiro atoms. The molecule has 0 aliphatic carbocycles. The normalized spacial score (nSPS) is 11.4. The molecule has 0 unspecified atom stereocenters. The molecule has 3 nitrogen and oxygen atoms in total. The van der Waals surface area contributed by atoms with Crippen molar-refractivity contribution in [3.63, 3.8) is 0 Å². The molecule has 1 aromatic carbocycles. The molecule has 18 heavy (non-hydrogen) atoms. The lowest BCUT2D eigenvalue weighted by molar-refractivity contribution is 0.0937. The maximum Gasteiger partial charge on any atom is 0.254 e. The smallest absolute Gasteiger partial charge is 0.254 e. The van der Waals surface area contributed by atoms with Crippen molar-refractivity contribution in [2.75, 3.05) is 6.54 Å². The van der Waals surface area contributed by atoms with Gasteiger partial charge >= 0.3 is 0 Å². The van der Waals surface area contributed by atoms with Gasteiger partial charge in [-0.1, -0.05) is 13.8 Å². The van der Waals surface area contributed by atoms with Crippen LogP contribution in [-0.4, -0.2) is 18.0 Å². The first-order valence-corrected chi connectivity index (χ1v) is 5.94. The molecule has 0 heterocycles. The van der Waals surface area contributed by atoms with Crippen molar-refractivity contribution in [3.8, 4) is 0 Å². The molecule has 0 aromatic heterocycles. The van der Waals surface area contributed by atoms with E-state index in [0.29, 0.717) is 12.8 Å². The van der Waals surface area contributed by atoms with Crippen LogP contribution in [0.1, 0.15) is 37.0 Å². The number of benzene rings is 1. The van der Waals surface area contributed by atoms with Crippen LogP contribution in [0.3, 0.4) is 0 Å². The highest BCUT2D eigenvalue weighted by Crippen LogP contribution is 2.12. The van der Waals surface area contributed by atoms with Crippen molar-refractivity contribution in [2.45, 2.75) is 32.2 Å². The largest absolute Gasteiger partial charge is 0.350 e. The predicted molar refractivity (Wildman–Crippen MR) is 66.2 cm³/mol. The zero-order chi connectivity index (χ0) is 13.8. The van der Waals surface area contributed by atoms with Crippen molar-refractivity contribution in [2.24, 2.45) is 5.73 Å². The number of halogens is 2. The van der Waals surface area contributed by atoms with Crippen molar-refractivity contribution in [1.82, 2.24) is 5.32 Å². The first-order chi connectivity index (χ1) is 8.41. The second-order valence-electron chi connectivity index (χ2n) is 4.38. The maximum atomic E-state index is 13.3. The molecule has 3 N–H and O–H groups in total. The van der Waals surface area contributed by atoms with Gasteiger partial charge in [0.2, 0.25) is 0 Å². The first-order valence-electron chi connectivity index (χ1n) is 5.94. The van der Waals surface area contributed by atoms with Crippen LogP contribution in [0.2, 0.25) is 0 Å². The summed E-state index contributed by atoms with van der Waals surface area (Å²) >= 11 is 0. The minimum atomic E-state index is -0.746. The Morgan fingerprint density at radius 3 is 2.50 bits per heavy atom. The Morgan fingerprint density at radius 2 is 1.94 bits per heavy atom. The van der Waals surface area contributed by atoms with Crippen LogP contribution in [0, 0.1) is 11.6 Å². The molecule has 0 fully saturated rings. The first kappa shape index (κ1) is 14.6. The zero-order valence-electron chi connectivity index (χ0n) is 10.6. The van der Waals surface area contributed by atoms with E-state index in [1.54, 1.807) is 0 Å². The lowest BCUT2D eigenvalue weighted by atomic mass is 9.94. The number of hydrogen-bond acceptors (Lipinski definition) is 2. The SMILES string of the molecule is CCC(N)(CC)CNC(=O)c1cc(F)ccc1F. The summed E-state index contributed by atoms with van der Waals surface area (Å²) in [6, 6.07) is 2.78. The zero-order valence-corrected chi connectivity index (χ0v) is 10.6. The molecular weight excluding hydrogens is 238 g/mol. The highest BCUT2D eigenvalue weighted by atomic mass is 19.1. The summed E-state index contributed by atoms with van der Waals surface area (Å²) in [5.74, 6) is -2.04. The molecular formula is C13H18F2N2O. The Labute approximate surface area is 105 Å². The third kappa shape index (κ3) is 3.50. The number of carbonyl (C=O) groups is 1. The highest BCUT2D eigenvalue weighted by Gasteiger charge is 2.22. The third-order valence-electron chi connectivity index (χ3n) is 3.18. The van der Waals surface area contributed by atoms with Gasteiger partial charge in [-0.2, -0.15) is 0 Å². The molecule has 0 bridgehead atoms. The predicted octanol–water partition coefficient (Wildman–Crippen LogP) is 2.21. The van der Waals surface area contributed by atoms with Gasteiger partial charge < -0.3 is 11.1 Å². The summed E-state index contributed by atoms with van der Waals surface area (Å²) in [7, 11) is 0. The van der Waals surface area contributed by atoms with Gasteiger partial charge in [-0.15, -0.1) is 0 Å². The standard InChI is InChI=1S/C13H18F2N2O/c1-3-13(16,4-2)8-17-12(18)10-7-9(14)5-6-11(10)15/h5-7H,3-4,8,16H2,1-2H3,(H,17,18). The molecule has 0 saturated carbocycles. The Morgan fingerprint density at radius 1 is 1.33 bits per heavy atom. The molecule has 1 amide bonds. The number of rotatable bonds is 5. The number of amides is 1. The Kier molecular flexibility index (Phi) is 4.78. The van der Waals surface area contributed by atoms with E-state index in [-0.39, 0.29) is 12.1 Å². The van der Waals surface area contributed by atoms with Crippen LogP contribution >= 0.6 is 0 Å². The Bertz CT molecular complexity index is 431. The fourth-order valence-electron chi connectivity index (χ4n) is 1.52. The van der Waals surface area contributed by atoms with E-state index in [0.717, 1.165) is 18.2 Å². The number of carbonyl (C=O) groups excluding carboxylic acids is 1. The summed E-state index contributed by atoms with van der Waals surface area (Å²) in [6.45, 7) is 4.06. The number of hydrogen-bond donors (Lipinski definition) is 2. The van der Waals surface area contributed by atoms with Crippen LogP contribution in [0.4, 0.5) is 8.78 Å². The van der Waals surface area contributed by atoms with E-state index < -0.39 is 23.1 Å². The van der Waals surface area contributed by atoms with E-state index >= 15 is 0 Å². The lowest BCUT2D eigenvalue weighted by Gasteiger charge is -2.26. The summed E-state index contributed by atoms with van der Waals surface area (Å²) in [4.78, 5) is 11.7. The minimum absolute atomic E-state index is 0.231.